The third-order valence-corrected chi connectivity index (χ3v) is 4.80. The summed E-state index contributed by atoms with van der Waals surface area (Å²) in [5.41, 5.74) is 3.04. The number of methoxy groups -OCH3 is 1. The topological polar surface area (TPSA) is 105 Å². The van der Waals surface area contributed by atoms with Crippen molar-refractivity contribution in [1.82, 2.24) is 10.3 Å². The van der Waals surface area contributed by atoms with Crippen molar-refractivity contribution in [2.24, 2.45) is 0 Å². The second-order valence-electron chi connectivity index (χ2n) is 6.73. The van der Waals surface area contributed by atoms with Crippen LogP contribution in [0.1, 0.15) is 19.5 Å². The number of anilines is 1. The van der Waals surface area contributed by atoms with Crippen LogP contribution in [0.3, 0.4) is 0 Å². The van der Waals surface area contributed by atoms with E-state index in [1.807, 2.05) is 31.2 Å². The monoisotopic (exact) mass is 394 g/mol. The Morgan fingerprint density at radius 3 is 2.72 bits per heavy atom. The van der Waals surface area contributed by atoms with Crippen molar-refractivity contribution in [1.29, 1.82) is 5.26 Å². The van der Waals surface area contributed by atoms with Crippen LogP contribution < -0.4 is 15.0 Å². The van der Waals surface area contributed by atoms with Gasteiger partial charge in [0.05, 0.1) is 43.6 Å². The molecule has 150 valence electrons. The molecule has 0 saturated carbocycles. The van der Waals surface area contributed by atoms with Crippen molar-refractivity contribution in [3.05, 3.63) is 42.2 Å². The fraction of sp³-hybridized carbons (Fsp3) is 0.333. The van der Waals surface area contributed by atoms with Crippen molar-refractivity contribution in [3.63, 3.8) is 0 Å². The summed E-state index contributed by atoms with van der Waals surface area (Å²) in [7, 11) is 1.54. The molecule has 2 heterocycles. The first kappa shape index (κ1) is 20.1. The summed E-state index contributed by atoms with van der Waals surface area (Å²) in [6.07, 6.45) is 1.03. The minimum absolute atomic E-state index is 0.178. The van der Waals surface area contributed by atoms with Gasteiger partial charge in [0.15, 0.2) is 0 Å². The standard InChI is InChI=1S/C21H22N4O4/c1-13-20(12-23-14(2)26)29-21(27)25(13)18-7-5-15(10-19(18)28-3)16-4-6-17(8-9-22)24-11-16/h4-7,10-11,13,20H,8,12H2,1-3H3,(H,23,26)/t13-,20-/m0/s1. The molecular formula is C21H22N4O4. The fourth-order valence-electron chi connectivity index (χ4n) is 3.23. The van der Waals surface area contributed by atoms with E-state index in [1.54, 1.807) is 12.3 Å². The molecular weight excluding hydrogens is 372 g/mol. The van der Waals surface area contributed by atoms with Crippen molar-refractivity contribution in [2.45, 2.75) is 32.4 Å². The van der Waals surface area contributed by atoms with E-state index in [0.717, 1.165) is 11.1 Å². The van der Waals surface area contributed by atoms with Crippen molar-refractivity contribution >= 4 is 17.7 Å². The zero-order valence-corrected chi connectivity index (χ0v) is 16.5. The quantitative estimate of drug-likeness (QED) is 0.808. The maximum absolute atomic E-state index is 12.5. The van der Waals surface area contributed by atoms with E-state index in [4.69, 9.17) is 14.7 Å². The lowest BCUT2D eigenvalue weighted by Gasteiger charge is -2.23. The Bertz CT molecular complexity index is 952. The lowest BCUT2D eigenvalue weighted by molar-refractivity contribution is -0.119. The number of nitriles is 1. The summed E-state index contributed by atoms with van der Waals surface area (Å²) in [6, 6.07) is 11.0. The van der Waals surface area contributed by atoms with Gasteiger partial charge in [-0.15, -0.1) is 0 Å². The van der Waals surface area contributed by atoms with E-state index < -0.39 is 12.2 Å². The molecule has 1 saturated heterocycles. The molecule has 0 radical (unpaired) electrons. The van der Waals surface area contributed by atoms with E-state index >= 15 is 0 Å². The molecule has 29 heavy (non-hydrogen) atoms. The number of hydrogen-bond acceptors (Lipinski definition) is 6. The highest BCUT2D eigenvalue weighted by Gasteiger charge is 2.40. The van der Waals surface area contributed by atoms with Crippen LogP contribution in [0.2, 0.25) is 0 Å². The van der Waals surface area contributed by atoms with Gasteiger partial charge in [-0.25, -0.2) is 4.79 Å². The molecule has 1 aliphatic rings. The number of amides is 2. The lowest BCUT2D eigenvalue weighted by Crippen LogP contribution is -2.40. The summed E-state index contributed by atoms with van der Waals surface area (Å²) in [5.74, 6) is 0.343. The molecule has 0 bridgehead atoms. The molecule has 1 N–H and O–H groups in total. The number of benzene rings is 1. The summed E-state index contributed by atoms with van der Waals surface area (Å²) in [5, 5.41) is 11.4. The molecule has 2 atom stereocenters. The van der Waals surface area contributed by atoms with Crippen LogP contribution in [0.15, 0.2) is 36.5 Å². The van der Waals surface area contributed by atoms with Gasteiger partial charge in [0, 0.05) is 18.7 Å². The van der Waals surface area contributed by atoms with Crippen molar-refractivity contribution in [3.8, 4) is 22.9 Å². The Morgan fingerprint density at radius 1 is 1.34 bits per heavy atom. The second kappa shape index (κ2) is 8.61. The van der Waals surface area contributed by atoms with Gasteiger partial charge in [-0.3, -0.25) is 14.7 Å². The molecule has 1 aliphatic heterocycles. The van der Waals surface area contributed by atoms with E-state index in [0.29, 0.717) is 17.1 Å². The van der Waals surface area contributed by atoms with Crippen LogP contribution in [0.25, 0.3) is 11.1 Å². The fourth-order valence-corrected chi connectivity index (χ4v) is 3.23. The number of carbonyl (C=O) groups excluding carboxylic acids is 2. The van der Waals surface area contributed by atoms with Crippen molar-refractivity contribution in [2.75, 3.05) is 18.6 Å². The second-order valence-corrected chi connectivity index (χ2v) is 6.73. The van der Waals surface area contributed by atoms with Crippen LogP contribution in [-0.2, 0) is 16.0 Å². The Hall–Kier alpha value is -3.60. The van der Waals surface area contributed by atoms with Gasteiger partial charge in [-0.05, 0) is 30.7 Å². The van der Waals surface area contributed by atoms with Gasteiger partial charge in [-0.1, -0.05) is 12.1 Å². The van der Waals surface area contributed by atoms with Gasteiger partial charge < -0.3 is 14.8 Å². The highest BCUT2D eigenvalue weighted by Crippen LogP contribution is 2.37. The first-order chi connectivity index (χ1) is 13.9. The molecule has 0 spiro atoms. The molecule has 2 aromatic rings. The summed E-state index contributed by atoms with van der Waals surface area (Å²) in [4.78, 5) is 29.4. The van der Waals surface area contributed by atoms with Gasteiger partial charge >= 0.3 is 6.09 Å². The first-order valence-electron chi connectivity index (χ1n) is 9.19. The number of nitrogens with zero attached hydrogens (tertiary/aromatic N) is 3. The van der Waals surface area contributed by atoms with E-state index in [9.17, 15) is 9.59 Å². The van der Waals surface area contributed by atoms with Gasteiger partial charge in [-0.2, -0.15) is 5.26 Å². The molecule has 1 fully saturated rings. The molecule has 0 aliphatic carbocycles. The highest BCUT2D eigenvalue weighted by atomic mass is 16.6. The van der Waals surface area contributed by atoms with Gasteiger partial charge in [0.1, 0.15) is 11.9 Å². The number of nitrogens with one attached hydrogen (secondary N) is 1. The largest absolute Gasteiger partial charge is 0.495 e. The minimum atomic E-state index is -0.485. The van der Waals surface area contributed by atoms with Crippen LogP contribution in [0, 0.1) is 11.3 Å². The predicted octanol–water partition coefficient (Wildman–Crippen LogP) is 2.67. The number of rotatable bonds is 6. The Labute approximate surface area is 169 Å². The Kier molecular flexibility index (Phi) is 5.98. The summed E-state index contributed by atoms with van der Waals surface area (Å²) >= 11 is 0. The molecule has 3 rings (SSSR count). The molecule has 1 aromatic carbocycles. The van der Waals surface area contributed by atoms with Crippen LogP contribution in [-0.4, -0.2) is 42.8 Å². The third-order valence-electron chi connectivity index (χ3n) is 4.80. The van der Waals surface area contributed by atoms with E-state index in [2.05, 4.69) is 16.4 Å². The number of cyclic esters (lactones) is 1. The van der Waals surface area contributed by atoms with Gasteiger partial charge in [0.25, 0.3) is 0 Å². The molecule has 2 amide bonds. The summed E-state index contributed by atoms with van der Waals surface area (Å²) in [6.45, 7) is 3.53. The minimum Gasteiger partial charge on any atom is -0.495 e. The zero-order valence-electron chi connectivity index (χ0n) is 16.5. The highest BCUT2D eigenvalue weighted by molar-refractivity contribution is 5.93. The third kappa shape index (κ3) is 4.29. The average molecular weight is 394 g/mol. The number of hydrogen-bond donors (Lipinski definition) is 1. The molecule has 8 heteroatoms. The maximum atomic E-state index is 12.5. The number of ether oxygens (including phenoxy) is 2. The van der Waals surface area contributed by atoms with Crippen LogP contribution in [0.5, 0.6) is 5.75 Å². The summed E-state index contributed by atoms with van der Waals surface area (Å²) < 4.78 is 11.0. The number of aromatic nitrogens is 1. The van der Waals surface area contributed by atoms with Crippen molar-refractivity contribution < 1.29 is 19.1 Å². The molecule has 8 nitrogen and oxygen atoms in total. The SMILES string of the molecule is COc1cc(-c2ccc(CC#N)nc2)ccc1N1C(=O)O[C@@H](CNC(C)=O)[C@@H]1C. The molecule has 0 unspecified atom stereocenters. The van der Waals surface area contributed by atoms with Crippen LogP contribution in [0.4, 0.5) is 10.5 Å². The number of pyridine rings is 1. The van der Waals surface area contributed by atoms with E-state index in [-0.39, 0.29) is 24.9 Å². The van der Waals surface area contributed by atoms with Gasteiger partial charge in [0.2, 0.25) is 5.91 Å². The lowest BCUT2D eigenvalue weighted by atomic mass is 10.0. The van der Waals surface area contributed by atoms with Crippen LogP contribution >= 0.6 is 0 Å². The number of carbonyl (C=O) groups is 2. The smallest absolute Gasteiger partial charge is 0.415 e. The maximum Gasteiger partial charge on any atom is 0.415 e. The first-order valence-corrected chi connectivity index (χ1v) is 9.19. The normalized spacial score (nSPS) is 18.1. The molecule has 1 aromatic heterocycles. The average Bonchev–Trinajstić information content (AvgIpc) is 3.00. The predicted molar refractivity (Wildman–Crippen MR) is 106 cm³/mol. The Balaban J connectivity index is 1.86. The van der Waals surface area contributed by atoms with E-state index in [1.165, 1.54) is 18.9 Å². The zero-order chi connectivity index (χ0) is 21.0. The Morgan fingerprint density at radius 2 is 2.10 bits per heavy atom.